The standard InChI is InChI=1S/C26H26N2O3/c27-25(30)26(17-21-11-7-8-14-23(21)20-9-3-1-4-10-20)15-16-28(19-26)24(29)18-31-22-12-5-2-6-13-22/h1-14H,15-19H2,(H2,27,30)/t26-/m1/s1. The summed E-state index contributed by atoms with van der Waals surface area (Å²) in [5, 5.41) is 0. The average Bonchev–Trinajstić information content (AvgIpc) is 3.25. The zero-order valence-electron chi connectivity index (χ0n) is 17.4. The van der Waals surface area contributed by atoms with Crippen LogP contribution in [0, 0.1) is 5.41 Å². The molecule has 0 aliphatic carbocycles. The van der Waals surface area contributed by atoms with Crippen LogP contribution in [0.2, 0.25) is 0 Å². The molecule has 4 rings (SSSR count). The maximum Gasteiger partial charge on any atom is 0.260 e. The molecule has 0 radical (unpaired) electrons. The van der Waals surface area contributed by atoms with Crippen molar-refractivity contribution in [3.63, 3.8) is 0 Å². The predicted octanol–water partition coefficient (Wildman–Crippen LogP) is 3.68. The first kappa shape index (κ1) is 20.7. The van der Waals surface area contributed by atoms with E-state index in [2.05, 4.69) is 18.2 Å². The number of rotatable bonds is 7. The molecule has 1 aliphatic rings. The lowest BCUT2D eigenvalue weighted by atomic mass is 9.78. The van der Waals surface area contributed by atoms with E-state index in [9.17, 15) is 9.59 Å². The molecule has 31 heavy (non-hydrogen) atoms. The Bertz CT molecular complexity index is 1050. The van der Waals surface area contributed by atoms with Gasteiger partial charge in [0.15, 0.2) is 6.61 Å². The number of likely N-dealkylation sites (tertiary alicyclic amines) is 1. The molecular formula is C26H26N2O3. The summed E-state index contributed by atoms with van der Waals surface area (Å²) in [6.45, 7) is 0.745. The van der Waals surface area contributed by atoms with Gasteiger partial charge in [-0.2, -0.15) is 0 Å². The first-order valence-corrected chi connectivity index (χ1v) is 10.5. The number of carbonyl (C=O) groups is 2. The van der Waals surface area contributed by atoms with E-state index in [4.69, 9.17) is 10.5 Å². The molecule has 3 aromatic rings. The van der Waals surface area contributed by atoms with Gasteiger partial charge in [0.05, 0.1) is 5.41 Å². The molecule has 0 aromatic heterocycles. The summed E-state index contributed by atoms with van der Waals surface area (Å²) < 4.78 is 5.60. The van der Waals surface area contributed by atoms with Crippen molar-refractivity contribution in [2.45, 2.75) is 12.8 Å². The lowest BCUT2D eigenvalue weighted by Gasteiger charge is -2.27. The van der Waals surface area contributed by atoms with Crippen LogP contribution in [-0.2, 0) is 16.0 Å². The van der Waals surface area contributed by atoms with Crippen LogP contribution in [0.3, 0.4) is 0 Å². The minimum atomic E-state index is -0.784. The molecule has 5 nitrogen and oxygen atoms in total. The molecule has 2 amide bonds. The van der Waals surface area contributed by atoms with Gasteiger partial charge in [0.2, 0.25) is 5.91 Å². The normalized spacial score (nSPS) is 18.0. The predicted molar refractivity (Wildman–Crippen MR) is 120 cm³/mol. The van der Waals surface area contributed by atoms with E-state index in [1.807, 2.05) is 66.7 Å². The summed E-state index contributed by atoms with van der Waals surface area (Å²) >= 11 is 0. The number of amides is 2. The molecule has 0 saturated carbocycles. The Kier molecular flexibility index (Phi) is 6.03. The van der Waals surface area contributed by atoms with Gasteiger partial charge >= 0.3 is 0 Å². The third-order valence-electron chi connectivity index (χ3n) is 5.97. The van der Waals surface area contributed by atoms with E-state index in [1.165, 1.54) is 0 Å². The third kappa shape index (κ3) is 4.61. The molecule has 5 heteroatoms. The van der Waals surface area contributed by atoms with E-state index in [1.54, 1.807) is 4.90 Å². The van der Waals surface area contributed by atoms with E-state index in [0.29, 0.717) is 31.7 Å². The lowest BCUT2D eigenvalue weighted by molar-refractivity contribution is -0.133. The fourth-order valence-electron chi connectivity index (χ4n) is 4.21. The van der Waals surface area contributed by atoms with Gasteiger partial charge < -0.3 is 15.4 Å². The van der Waals surface area contributed by atoms with Crippen LogP contribution in [0.15, 0.2) is 84.9 Å². The molecule has 2 N–H and O–H groups in total. The first-order valence-electron chi connectivity index (χ1n) is 10.5. The van der Waals surface area contributed by atoms with Crippen molar-refractivity contribution in [3.05, 3.63) is 90.5 Å². The summed E-state index contributed by atoms with van der Waals surface area (Å²) in [5.41, 5.74) is 8.34. The second-order valence-corrected chi connectivity index (χ2v) is 8.01. The van der Waals surface area contributed by atoms with Crippen molar-refractivity contribution in [2.75, 3.05) is 19.7 Å². The van der Waals surface area contributed by atoms with Crippen molar-refractivity contribution < 1.29 is 14.3 Å². The fraction of sp³-hybridized carbons (Fsp3) is 0.231. The number of benzene rings is 3. The molecule has 158 valence electrons. The molecule has 1 aliphatic heterocycles. The van der Waals surface area contributed by atoms with Gasteiger partial charge in [0.25, 0.3) is 5.91 Å². The number of hydrogen-bond acceptors (Lipinski definition) is 3. The summed E-state index contributed by atoms with van der Waals surface area (Å²) in [6.07, 6.45) is 1.04. The minimum absolute atomic E-state index is 0.0561. The van der Waals surface area contributed by atoms with Gasteiger partial charge in [-0.25, -0.2) is 0 Å². The highest BCUT2D eigenvalue weighted by molar-refractivity contribution is 5.85. The van der Waals surface area contributed by atoms with Crippen LogP contribution in [0.25, 0.3) is 11.1 Å². The Hall–Kier alpha value is -3.60. The summed E-state index contributed by atoms with van der Waals surface area (Å²) in [5.74, 6) is 0.144. The zero-order chi connectivity index (χ0) is 21.7. The number of nitrogens with zero attached hydrogens (tertiary/aromatic N) is 1. The minimum Gasteiger partial charge on any atom is -0.484 e. The number of hydrogen-bond donors (Lipinski definition) is 1. The number of carbonyl (C=O) groups excluding carboxylic acids is 2. The van der Waals surface area contributed by atoms with E-state index in [-0.39, 0.29) is 18.4 Å². The molecular weight excluding hydrogens is 388 g/mol. The molecule has 1 fully saturated rings. The van der Waals surface area contributed by atoms with Crippen molar-refractivity contribution >= 4 is 11.8 Å². The quantitative estimate of drug-likeness (QED) is 0.641. The van der Waals surface area contributed by atoms with Crippen molar-refractivity contribution in [2.24, 2.45) is 11.1 Å². The molecule has 0 unspecified atom stereocenters. The van der Waals surface area contributed by atoms with Crippen LogP contribution in [0.1, 0.15) is 12.0 Å². The monoisotopic (exact) mass is 414 g/mol. The number of ether oxygens (including phenoxy) is 1. The first-order chi connectivity index (χ1) is 15.1. The van der Waals surface area contributed by atoms with Gasteiger partial charge in [-0.15, -0.1) is 0 Å². The second-order valence-electron chi connectivity index (χ2n) is 8.01. The Morgan fingerprint density at radius 2 is 1.55 bits per heavy atom. The van der Waals surface area contributed by atoms with Crippen molar-refractivity contribution in [3.8, 4) is 16.9 Å². The topological polar surface area (TPSA) is 72.6 Å². The Balaban J connectivity index is 1.50. The highest BCUT2D eigenvalue weighted by Crippen LogP contribution is 2.37. The molecule has 0 bridgehead atoms. The van der Waals surface area contributed by atoms with Crippen molar-refractivity contribution in [1.82, 2.24) is 4.90 Å². The second kappa shape index (κ2) is 9.04. The van der Waals surface area contributed by atoms with Crippen LogP contribution < -0.4 is 10.5 Å². The van der Waals surface area contributed by atoms with Crippen LogP contribution in [0.5, 0.6) is 5.75 Å². The lowest BCUT2D eigenvalue weighted by Crippen LogP contribution is -2.43. The summed E-state index contributed by atoms with van der Waals surface area (Å²) in [7, 11) is 0. The molecule has 1 heterocycles. The van der Waals surface area contributed by atoms with Crippen LogP contribution >= 0.6 is 0 Å². The highest BCUT2D eigenvalue weighted by Gasteiger charge is 2.45. The summed E-state index contributed by atoms with van der Waals surface area (Å²) in [4.78, 5) is 27.0. The maximum absolute atomic E-state index is 12.7. The van der Waals surface area contributed by atoms with E-state index < -0.39 is 5.41 Å². The van der Waals surface area contributed by atoms with E-state index >= 15 is 0 Å². The van der Waals surface area contributed by atoms with Gasteiger partial charge in [-0.05, 0) is 41.7 Å². The molecule has 0 spiro atoms. The smallest absolute Gasteiger partial charge is 0.260 e. The number of nitrogens with two attached hydrogens (primary N) is 1. The third-order valence-corrected chi connectivity index (χ3v) is 5.97. The SMILES string of the molecule is NC(=O)[C@@]1(Cc2ccccc2-c2ccccc2)CCN(C(=O)COc2ccccc2)C1. The fourth-order valence-corrected chi connectivity index (χ4v) is 4.21. The van der Waals surface area contributed by atoms with Crippen LogP contribution in [0.4, 0.5) is 0 Å². The summed E-state index contributed by atoms with van der Waals surface area (Å²) in [6, 6.07) is 27.4. The zero-order valence-corrected chi connectivity index (χ0v) is 17.4. The highest BCUT2D eigenvalue weighted by atomic mass is 16.5. The largest absolute Gasteiger partial charge is 0.484 e. The van der Waals surface area contributed by atoms with Crippen molar-refractivity contribution in [1.29, 1.82) is 0 Å². The maximum atomic E-state index is 12.7. The van der Waals surface area contributed by atoms with Gasteiger partial charge in [-0.1, -0.05) is 72.8 Å². The Morgan fingerprint density at radius 1 is 0.903 bits per heavy atom. The number of para-hydroxylation sites is 1. The van der Waals surface area contributed by atoms with E-state index in [0.717, 1.165) is 16.7 Å². The molecule has 3 aromatic carbocycles. The molecule has 1 atom stereocenters. The van der Waals surface area contributed by atoms with Gasteiger partial charge in [0, 0.05) is 13.1 Å². The number of primary amides is 1. The average molecular weight is 415 g/mol. The van der Waals surface area contributed by atoms with Gasteiger partial charge in [0.1, 0.15) is 5.75 Å². The van der Waals surface area contributed by atoms with Crippen LogP contribution in [-0.4, -0.2) is 36.4 Å². The Labute approximate surface area is 182 Å². The van der Waals surface area contributed by atoms with Gasteiger partial charge in [-0.3, -0.25) is 9.59 Å². The molecule has 1 saturated heterocycles. The Morgan fingerprint density at radius 3 is 2.26 bits per heavy atom.